The van der Waals surface area contributed by atoms with E-state index < -0.39 is 0 Å². The fraction of sp³-hybridized carbons (Fsp3) is 0.190. The van der Waals surface area contributed by atoms with Crippen LogP contribution >= 0.6 is 23.1 Å². The summed E-state index contributed by atoms with van der Waals surface area (Å²) in [6.07, 6.45) is 1.59. The minimum absolute atomic E-state index is 0.0250. The van der Waals surface area contributed by atoms with Gasteiger partial charge in [-0.2, -0.15) is 0 Å². The van der Waals surface area contributed by atoms with Gasteiger partial charge >= 0.3 is 5.97 Å². The molecule has 29 heavy (non-hydrogen) atoms. The predicted molar refractivity (Wildman–Crippen MR) is 115 cm³/mol. The van der Waals surface area contributed by atoms with E-state index in [0.29, 0.717) is 33.1 Å². The summed E-state index contributed by atoms with van der Waals surface area (Å²) in [6.45, 7) is 2.00. The van der Waals surface area contributed by atoms with Gasteiger partial charge in [-0.3, -0.25) is 4.79 Å². The summed E-state index contributed by atoms with van der Waals surface area (Å²) in [6, 6.07) is 11.0. The number of hydrogen-bond donors (Lipinski definition) is 1. The van der Waals surface area contributed by atoms with E-state index in [0.717, 1.165) is 11.1 Å². The van der Waals surface area contributed by atoms with Gasteiger partial charge in [-0.1, -0.05) is 12.1 Å². The normalized spacial score (nSPS) is 12.2. The van der Waals surface area contributed by atoms with E-state index in [2.05, 4.69) is 9.97 Å². The number of carbonyl (C=O) groups excluding carboxylic acids is 1. The topological polar surface area (TPSA) is 85.2 Å². The Balaban J connectivity index is 1.54. The lowest BCUT2D eigenvalue weighted by atomic mass is 10.1. The number of nitrogens with zero attached hydrogens (tertiary/aromatic N) is 1. The first kappa shape index (κ1) is 19.5. The number of carbonyl (C=O) groups is 1. The number of thioether (sulfide) groups is 1. The number of thiophene rings is 1. The van der Waals surface area contributed by atoms with E-state index in [1.165, 1.54) is 18.4 Å². The maximum absolute atomic E-state index is 12.7. The van der Waals surface area contributed by atoms with Gasteiger partial charge in [-0.15, -0.1) is 23.1 Å². The summed E-state index contributed by atoms with van der Waals surface area (Å²) in [5.41, 5.74) is 2.12. The Bertz CT molecular complexity index is 1210. The Morgan fingerprint density at radius 3 is 2.97 bits per heavy atom. The molecule has 3 heterocycles. The number of esters is 1. The molecule has 8 heteroatoms. The molecule has 0 spiro atoms. The van der Waals surface area contributed by atoms with Crippen LogP contribution in [-0.2, 0) is 10.5 Å². The Morgan fingerprint density at radius 1 is 1.34 bits per heavy atom. The van der Waals surface area contributed by atoms with Gasteiger partial charge in [0.05, 0.1) is 29.6 Å². The van der Waals surface area contributed by atoms with E-state index in [-0.39, 0.29) is 16.8 Å². The summed E-state index contributed by atoms with van der Waals surface area (Å²) < 4.78 is 10.2. The van der Waals surface area contributed by atoms with Gasteiger partial charge in [0.25, 0.3) is 5.56 Å². The summed E-state index contributed by atoms with van der Waals surface area (Å²) in [7, 11) is 1.37. The molecule has 0 saturated heterocycles. The van der Waals surface area contributed by atoms with Crippen molar-refractivity contribution in [1.82, 2.24) is 9.97 Å². The van der Waals surface area contributed by atoms with Crippen LogP contribution in [0.1, 0.15) is 33.9 Å². The SMILES string of the molecule is COC(=O)c1cccc(CS[C@H](C)c2nc3scc(-c4ccco4)c3c(=O)[nH]2)c1. The third-order valence-electron chi connectivity index (χ3n) is 4.48. The van der Waals surface area contributed by atoms with Crippen molar-refractivity contribution in [1.29, 1.82) is 0 Å². The van der Waals surface area contributed by atoms with Crippen LogP contribution in [-0.4, -0.2) is 23.0 Å². The van der Waals surface area contributed by atoms with Crippen molar-refractivity contribution in [2.75, 3.05) is 7.11 Å². The van der Waals surface area contributed by atoms with Crippen LogP contribution in [0.5, 0.6) is 0 Å². The number of benzene rings is 1. The monoisotopic (exact) mass is 426 g/mol. The van der Waals surface area contributed by atoms with Crippen LogP contribution in [0.3, 0.4) is 0 Å². The van der Waals surface area contributed by atoms with E-state index in [1.54, 1.807) is 30.2 Å². The van der Waals surface area contributed by atoms with Crippen molar-refractivity contribution in [2.24, 2.45) is 0 Å². The van der Waals surface area contributed by atoms with Crippen LogP contribution in [0.4, 0.5) is 0 Å². The van der Waals surface area contributed by atoms with E-state index in [1.807, 2.05) is 36.6 Å². The van der Waals surface area contributed by atoms with Gasteiger partial charge in [0.15, 0.2) is 0 Å². The average molecular weight is 427 g/mol. The summed E-state index contributed by atoms with van der Waals surface area (Å²) in [5, 5.41) is 2.42. The maximum atomic E-state index is 12.7. The lowest BCUT2D eigenvalue weighted by molar-refractivity contribution is 0.0600. The fourth-order valence-electron chi connectivity index (χ4n) is 2.98. The molecule has 0 unspecified atom stereocenters. The van der Waals surface area contributed by atoms with Gasteiger partial charge in [0.1, 0.15) is 16.4 Å². The molecule has 0 fully saturated rings. The minimum atomic E-state index is -0.355. The highest BCUT2D eigenvalue weighted by atomic mass is 32.2. The molecule has 0 aliphatic heterocycles. The first-order valence-corrected chi connectivity index (χ1v) is 10.8. The maximum Gasteiger partial charge on any atom is 0.337 e. The van der Waals surface area contributed by atoms with Crippen molar-refractivity contribution in [3.05, 3.63) is 75.3 Å². The van der Waals surface area contributed by atoms with Crippen molar-refractivity contribution < 1.29 is 13.9 Å². The Labute approximate surface area is 174 Å². The predicted octanol–water partition coefficient (Wildman–Crippen LogP) is 5.03. The second-order valence-corrected chi connectivity index (χ2v) is 8.59. The molecule has 3 aromatic heterocycles. The van der Waals surface area contributed by atoms with Crippen molar-refractivity contribution in [3.8, 4) is 11.3 Å². The van der Waals surface area contributed by atoms with Gasteiger partial charge in [0, 0.05) is 16.7 Å². The van der Waals surface area contributed by atoms with E-state index in [4.69, 9.17) is 9.15 Å². The Hall–Kier alpha value is -2.84. The highest BCUT2D eigenvalue weighted by Crippen LogP contribution is 2.33. The highest BCUT2D eigenvalue weighted by molar-refractivity contribution is 7.98. The van der Waals surface area contributed by atoms with Gasteiger partial charge in [0.2, 0.25) is 0 Å². The molecular formula is C21H18N2O4S2. The third-order valence-corrected chi connectivity index (χ3v) is 6.58. The molecule has 0 bridgehead atoms. The zero-order chi connectivity index (χ0) is 20.4. The molecule has 0 aliphatic rings. The number of nitrogens with one attached hydrogen (secondary N) is 1. The number of methoxy groups -OCH3 is 1. The molecule has 0 aliphatic carbocycles. The number of aromatic nitrogens is 2. The first-order chi connectivity index (χ1) is 14.1. The largest absolute Gasteiger partial charge is 0.465 e. The smallest absolute Gasteiger partial charge is 0.337 e. The third kappa shape index (κ3) is 3.99. The average Bonchev–Trinajstić information content (AvgIpc) is 3.41. The number of aromatic amines is 1. The number of fused-ring (bicyclic) bond motifs is 1. The molecule has 0 saturated carbocycles. The molecule has 1 aromatic carbocycles. The lowest BCUT2D eigenvalue weighted by Gasteiger charge is -2.11. The zero-order valence-electron chi connectivity index (χ0n) is 15.8. The van der Waals surface area contributed by atoms with Crippen LogP contribution in [0.15, 0.2) is 57.3 Å². The molecule has 1 atom stereocenters. The minimum Gasteiger partial charge on any atom is -0.465 e. The number of H-pyrrole nitrogens is 1. The molecule has 4 rings (SSSR count). The summed E-state index contributed by atoms with van der Waals surface area (Å²) in [5.74, 6) is 1.61. The molecule has 0 radical (unpaired) electrons. The molecular weight excluding hydrogens is 408 g/mol. The van der Waals surface area contributed by atoms with Crippen LogP contribution in [0.2, 0.25) is 0 Å². The van der Waals surface area contributed by atoms with Crippen molar-refractivity contribution in [3.63, 3.8) is 0 Å². The highest BCUT2D eigenvalue weighted by Gasteiger charge is 2.17. The van der Waals surface area contributed by atoms with Crippen molar-refractivity contribution in [2.45, 2.75) is 17.9 Å². The summed E-state index contributed by atoms with van der Waals surface area (Å²) >= 11 is 3.06. The molecule has 148 valence electrons. The molecule has 1 N–H and O–H groups in total. The number of ether oxygens (including phenoxy) is 1. The lowest BCUT2D eigenvalue weighted by Crippen LogP contribution is -2.12. The molecule has 0 amide bonds. The van der Waals surface area contributed by atoms with E-state index >= 15 is 0 Å². The number of rotatable bonds is 6. The van der Waals surface area contributed by atoms with E-state index in [9.17, 15) is 9.59 Å². The Kier molecular flexibility index (Phi) is 5.55. The van der Waals surface area contributed by atoms with Crippen LogP contribution in [0.25, 0.3) is 21.5 Å². The van der Waals surface area contributed by atoms with Gasteiger partial charge in [-0.05, 0) is 36.8 Å². The fourth-order valence-corrected chi connectivity index (χ4v) is 4.80. The number of hydrogen-bond acceptors (Lipinski definition) is 7. The van der Waals surface area contributed by atoms with Crippen molar-refractivity contribution >= 4 is 39.3 Å². The quantitative estimate of drug-likeness (QED) is 0.436. The van der Waals surface area contributed by atoms with Gasteiger partial charge < -0.3 is 14.1 Å². The second kappa shape index (κ2) is 8.26. The van der Waals surface area contributed by atoms with Crippen LogP contribution in [0, 0.1) is 0 Å². The van der Waals surface area contributed by atoms with Crippen LogP contribution < -0.4 is 5.56 Å². The molecule has 4 aromatic rings. The zero-order valence-corrected chi connectivity index (χ0v) is 17.4. The first-order valence-electron chi connectivity index (χ1n) is 8.91. The summed E-state index contributed by atoms with van der Waals surface area (Å²) in [4.78, 5) is 32.7. The molecule has 6 nitrogen and oxygen atoms in total. The standard InChI is InChI=1S/C21H18N2O4S2/c1-12(28-10-13-5-3-6-14(9-13)21(25)26-2)18-22-19(24)17-15(11-29-20(17)23-18)16-7-4-8-27-16/h3-9,11-12H,10H2,1-2H3,(H,22,23,24)/t12-/m1/s1. The van der Waals surface area contributed by atoms with Gasteiger partial charge in [-0.25, -0.2) is 9.78 Å². The number of furan rings is 1. The second-order valence-electron chi connectivity index (χ2n) is 6.40. The Morgan fingerprint density at radius 2 is 2.21 bits per heavy atom.